The second-order valence-corrected chi connectivity index (χ2v) is 8.42. The smallest absolute Gasteiger partial charge is 0.229 e. The van der Waals surface area contributed by atoms with Crippen LogP contribution >= 0.6 is 11.8 Å². The molecule has 0 spiro atoms. The third-order valence-electron chi connectivity index (χ3n) is 5.34. The predicted molar refractivity (Wildman–Crippen MR) is 115 cm³/mol. The Morgan fingerprint density at radius 1 is 1.15 bits per heavy atom. The van der Waals surface area contributed by atoms with Crippen LogP contribution in [0.4, 0.5) is 5.69 Å². The molecule has 4 nitrogen and oxygen atoms in total. The van der Waals surface area contributed by atoms with Crippen molar-refractivity contribution in [3.05, 3.63) is 65.2 Å². The first-order chi connectivity index (χ1) is 13.1. The number of benzene rings is 2. The van der Waals surface area contributed by atoms with Crippen molar-refractivity contribution >= 4 is 23.4 Å². The van der Waals surface area contributed by atoms with Gasteiger partial charge < -0.3 is 11.1 Å². The Morgan fingerprint density at radius 2 is 1.85 bits per heavy atom. The summed E-state index contributed by atoms with van der Waals surface area (Å²) in [5.74, 6) is 2.05. The van der Waals surface area contributed by atoms with E-state index in [1.807, 2.05) is 61.2 Å². The zero-order valence-electron chi connectivity index (χ0n) is 16.2. The van der Waals surface area contributed by atoms with E-state index in [2.05, 4.69) is 23.2 Å². The van der Waals surface area contributed by atoms with Crippen molar-refractivity contribution in [1.29, 1.82) is 0 Å². The molecule has 2 atom stereocenters. The van der Waals surface area contributed by atoms with Crippen molar-refractivity contribution in [3.63, 3.8) is 0 Å². The van der Waals surface area contributed by atoms with Crippen LogP contribution in [0.2, 0.25) is 0 Å². The van der Waals surface area contributed by atoms with Gasteiger partial charge in [-0.3, -0.25) is 9.69 Å². The number of nitrogens with two attached hydrogens (primary N) is 1. The molecule has 0 radical (unpaired) electrons. The van der Waals surface area contributed by atoms with Gasteiger partial charge in [0.15, 0.2) is 0 Å². The van der Waals surface area contributed by atoms with E-state index in [0.29, 0.717) is 0 Å². The maximum Gasteiger partial charge on any atom is 0.229 e. The van der Waals surface area contributed by atoms with Crippen LogP contribution in [0.25, 0.3) is 0 Å². The summed E-state index contributed by atoms with van der Waals surface area (Å²) in [5.41, 5.74) is 10.6. The van der Waals surface area contributed by atoms with Crippen LogP contribution in [0.15, 0.2) is 48.5 Å². The highest BCUT2D eigenvalue weighted by Gasteiger charge is 2.23. The monoisotopic (exact) mass is 383 g/mol. The predicted octanol–water partition coefficient (Wildman–Crippen LogP) is 3.82. The van der Waals surface area contributed by atoms with E-state index in [-0.39, 0.29) is 17.9 Å². The Kier molecular flexibility index (Phi) is 6.94. The van der Waals surface area contributed by atoms with Gasteiger partial charge in [-0.25, -0.2) is 0 Å². The molecule has 2 aromatic rings. The summed E-state index contributed by atoms with van der Waals surface area (Å²) < 4.78 is 0. The van der Waals surface area contributed by atoms with Gasteiger partial charge >= 0.3 is 0 Å². The molecule has 1 saturated heterocycles. The number of anilines is 1. The first-order valence-corrected chi connectivity index (χ1v) is 10.7. The van der Waals surface area contributed by atoms with Crippen molar-refractivity contribution in [2.24, 2.45) is 11.7 Å². The van der Waals surface area contributed by atoms with Crippen molar-refractivity contribution in [3.8, 4) is 0 Å². The molecule has 1 fully saturated rings. The van der Waals surface area contributed by atoms with E-state index in [0.717, 1.165) is 36.4 Å². The van der Waals surface area contributed by atoms with Gasteiger partial charge in [-0.2, -0.15) is 11.8 Å². The molecule has 2 aromatic carbocycles. The number of amides is 1. The van der Waals surface area contributed by atoms with Crippen LogP contribution < -0.4 is 11.1 Å². The van der Waals surface area contributed by atoms with E-state index < -0.39 is 0 Å². The topological polar surface area (TPSA) is 58.4 Å². The van der Waals surface area contributed by atoms with Gasteiger partial charge in [-0.15, -0.1) is 0 Å². The highest BCUT2D eigenvalue weighted by molar-refractivity contribution is 7.99. The number of nitrogens with zero attached hydrogens (tertiary/aromatic N) is 1. The Morgan fingerprint density at radius 3 is 2.56 bits per heavy atom. The summed E-state index contributed by atoms with van der Waals surface area (Å²) in [6.07, 6.45) is 0. The molecule has 1 aliphatic rings. The first-order valence-electron chi connectivity index (χ1n) is 9.56. The number of rotatable bonds is 6. The second-order valence-electron chi connectivity index (χ2n) is 7.19. The van der Waals surface area contributed by atoms with Crippen molar-refractivity contribution in [1.82, 2.24) is 4.90 Å². The van der Waals surface area contributed by atoms with Crippen LogP contribution in [-0.2, 0) is 11.3 Å². The summed E-state index contributed by atoms with van der Waals surface area (Å²) in [7, 11) is 0. The fourth-order valence-corrected chi connectivity index (χ4v) is 4.34. The highest BCUT2D eigenvalue weighted by Crippen LogP contribution is 2.25. The van der Waals surface area contributed by atoms with Gasteiger partial charge in [0.25, 0.3) is 0 Å². The van der Waals surface area contributed by atoms with Crippen LogP contribution in [0.1, 0.15) is 29.7 Å². The molecule has 1 heterocycles. The Labute approximate surface area is 166 Å². The number of carbonyl (C=O) groups is 1. The summed E-state index contributed by atoms with van der Waals surface area (Å²) in [6, 6.07) is 15.6. The number of carbonyl (C=O) groups excluding carboxylic acids is 1. The molecule has 0 aliphatic carbocycles. The molecule has 0 bridgehead atoms. The number of hydrogen-bond acceptors (Lipinski definition) is 4. The minimum Gasteiger partial charge on any atom is -0.326 e. The Balaban J connectivity index is 1.67. The highest BCUT2D eigenvalue weighted by atomic mass is 32.2. The van der Waals surface area contributed by atoms with E-state index in [1.165, 1.54) is 17.1 Å². The molecule has 144 valence electrons. The molecule has 0 saturated carbocycles. The zero-order chi connectivity index (χ0) is 19.2. The maximum atomic E-state index is 12.8. The molecule has 3 rings (SSSR count). The number of nitrogens with one attached hydrogen (secondary N) is 1. The summed E-state index contributed by atoms with van der Waals surface area (Å²) in [4.78, 5) is 15.3. The van der Waals surface area contributed by atoms with Gasteiger partial charge in [0, 0.05) is 42.9 Å². The summed E-state index contributed by atoms with van der Waals surface area (Å²) >= 11 is 2.02. The van der Waals surface area contributed by atoms with Crippen LogP contribution in [0.3, 0.4) is 0 Å². The van der Waals surface area contributed by atoms with E-state index in [1.54, 1.807) is 0 Å². The number of hydrogen-bond donors (Lipinski definition) is 2. The molecule has 3 N–H and O–H groups in total. The summed E-state index contributed by atoms with van der Waals surface area (Å²) in [6.45, 7) is 7.17. The normalized spacial score (nSPS) is 17.3. The lowest BCUT2D eigenvalue weighted by atomic mass is 9.94. The van der Waals surface area contributed by atoms with Gasteiger partial charge in [-0.1, -0.05) is 49.4 Å². The van der Waals surface area contributed by atoms with Crippen molar-refractivity contribution < 1.29 is 4.79 Å². The van der Waals surface area contributed by atoms with E-state index in [4.69, 9.17) is 5.73 Å². The van der Waals surface area contributed by atoms with Crippen molar-refractivity contribution in [2.75, 3.05) is 29.9 Å². The molecule has 27 heavy (non-hydrogen) atoms. The SMILES string of the molecule is Cc1c(CN2CCSCC2)cccc1NC(=O)C(C)C(N)c1ccccc1. The largest absolute Gasteiger partial charge is 0.326 e. The minimum absolute atomic E-state index is 0.0408. The molecule has 2 unspecified atom stereocenters. The Bertz CT molecular complexity index is 759. The third-order valence-corrected chi connectivity index (χ3v) is 6.28. The lowest BCUT2D eigenvalue weighted by molar-refractivity contribution is -0.120. The second kappa shape index (κ2) is 9.40. The van der Waals surface area contributed by atoms with E-state index in [9.17, 15) is 4.79 Å². The third kappa shape index (κ3) is 5.12. The van der Waals surface area contributed by atoms with Gasteiger partial charge in [0.1, 0.15) is 0 Å². The van der Waals surface area contributed by atoms with Crippen LogP contribution in [0.5, 0.6) is 0 Å². The van der Waals surface area contributed by atoms with E-state index >= 15 is 0 Å². The molecule has 1 amide bonds. The fraction of sp³-hybridized carbons (Fsp3) is 0.409. The van der Waals surface area contributed by atoms with Gasteiger partial charge in [0.2, 0.25) is 5.91 Å². The molecular weight excluding hydrogens is 354 g/mol. The van der Waals surface area contributed by atoms with Crippen molar-refractivity contribution in [2.45, 2.75) is 26.4 Å². The standard InChI is InChI=1S/C22H29N3OS/c1-16-19(15-25-11-13-27-14-12-25)9-6-10-20(16)24-22(26)17(2)21(23)18-7-4-3-5-8-18/h3-10,17,21H,11-15,23H2,1-2H3,(H,24,26). The minimum atomic E-state index is -0.319. The van der Waals surface area contributed by atoms with Gasteiger partial charge in [-0.05, 0) is 29.7 Å². The average molecular weight is 384 g/mol. The summed E-state index contributed by atoms with van der Waals surface area (Å²) in [5, 5.41) is 3.10. The Hall–Kier alpha value is -1.82. The van der Waals surface area contributed by atoms with Gasteiger partial charge in [0.05, 0.1) is 5.92 Å². The van der Waals surface area contributed by atoms with Crippen LogP contribution in [-0.4, -0.2) is 35.4 Å². The average Bonchev–Trinajstić information content (AvgIpc) is 2.71. The first kappa shape index (κ1) is 19.9. The molecule has 1 aliphatic heterocycles. The zero-order valence-corrected chi connectivity index (χ0v) is 17.0. The fourth-order valence-electron chi connectivity index (χ4n) is 3.36. The van der Waals surface area contributed by atoms with Crippen LogP contribution in [0, 0.1) is 12.8 Å². The molecule has 0 aromatic heterocycles. The maximum absolute atomic E-state index is 12.8. The lowest BCUT2D eigenvalue weighted by Crippen LogP contribution is -2.32. The lowest BCUT2D eigenvalue weighted by Gasteiger charge is -2.27. The molecular formula is C22H29N3OS. The molecule has 5 heteroatoms. The quantitative estimate of drug-likeness (QED) is 0.796. The number of thioether (sulfide) groups is 1.